The normalized spacial score (nSPS) is 16.9. The standard InChI is InChI=1S/C14H17NS.ClH/c1-4-8-15(9-5-1)10-12-11-16-14-7-3-2-6-13(12)14;/h2-3,6-7,11H,1,4-5,8-10H2;1H. The Morgan fingerprint density at radius 1 is 1.06 bits per heavy atom. The lowest BCUT2D eigenvalue weighted by Crippen LogP contribution is -2.28. The zero-order chi connectivity index (χ0) is 10.8. The molecule has 1 nitrogen and oxygen atoms in total. The van der Waals surface area contributed by atoms with E-state index >= 15 is 0 Å². The van der Waals surface area contributed by atoms with Crippen molar-refractivity contribution in [2.75, 3.05) is 13.1 Å². The Hall–Kier alpha value is -0.570. The fraction of sp³-hybridized carbons (Fsp3) is 0.429. The van der Waals surface area contributed by atoms with Crippen LogP contribution in [0.25, 0.3) is 10.1 Å². The van der Waals surface area contributed by atoms with E-state index in [4.69, 9.17) is 0 Å². The highest BCUT2D eigenvalue weighted by molar-refractivity contribution is 7.17. The van der Waals surface area contributed by atoms with Crippen molar-refractivity contribution in [1.82, 2.24) is 4.90 Å². The number of piperidine rings is 1. The van der Waals surface area contributed by atoms with Crippen LogP contribution in [0.1, 0.15) is 24.8 Å². The van der Waals surface area contributed by atoms with Gasteiger partial charge in [-0.25, -0.2) is 0 Å². The van der Waals surface area contributed by atoms with Crippen molar-refractivity contribution in [2.45, 2.75) is 25.8 Å². The van der Waals surface area contributed by atoms with Crippen LogP contribution in [0, 0.1) is 0 Å². The predicted octanol–water partition coefficient (Wildman–Crippen LogP) is 4.31. The smallest absolute Gasteiger partial charge is 0.0346 e. The highest BCUT2D eigenvalue weighted by Crippen LogP contribution is 2.27. The number of nitrogens with zero attached hydrogens (tertiary/aromatic N) is 1. The van der Waals surface area contributed by atoms with Crippen LogP contribution >= 0.6 is 23.7 Å². The molecule has 1 aliphatic rings. The van der Waals surface area contributed by atoms with Gasteiger partial charge in [0.15, 0.2) is 0 Å². The van der Waals surface area contributed by atoms with E-state index in [0.717, 1.165) is 6.54 Å². The fourth-order valence-electron chi connectivity index (χ4n) is 2.51. The topological polar surface area (TPSA) is 3.24 Å². The summed E-state index contributed by atoms with van der Waals surface area (Å²) in [5.41, 5.74) is 1.52. The largest absolute Gasteiger partial charge is 0.299 e. The Kier molecular flexibility index (Phi) is 4.43. The molecule has 92 valence electrons. The second-order valence-corrected chi connectivity index (χ2v) is 5.51. The van der Waals surface area contributed by atoms with Crippen molar-refractivity contribution in [2.24, 2.45) is 0 Å². The van der Waals surface area contributed by atoms with Crippen molar-refractivity contribution in [3.8, 4) is 0 Å². The lowest BCUT2D eigenvalue weighted by Gasteiger charge is -2.26. The van der Waals surface area contributed by atoms with Crippen LogP contribution in [-0.2, 0) is 6.54 Å². The van der Waals surface area contributed by atoms with E-state index in [1.807, 2.05) is 11.3 Å². The van der Waals surface area contributed by atoms with E-state index in [0.29, 0.717) is 0 Å². The molecule has 0 radical (unpaired) electrons. The molecule has 1 aliphatic heterocycles. The van der Waals surface area contributed by atoms with Gasteiger partial charge in [-0.1, -0.05) is 24.6 Å². The molecule has 0 amide bonds. The molecule has 0 unspecified atom stereocenters. The number of hydrogen-bond donors (Lipinski definition) is 0. The molecular weight excluding hydrogens is 250 g/mol. The van der Waals surface area contributed by atoms with Crippen LogP contribution < -0.4 is 0 Å². The molecule has 1 saturated heterocycles. The summed E-state index contributed by atoms with van der Waals surface area (Å²) in [7, 11) is 0. The van der Waals surface area contributed by atoms with Gasteiger partial charge in [0.1, 0.15) is 0 Å². The van der Waals surface area contributed by atoms with Crippen molar-refractivity contribution in [3.05, 3.63) is 35.2 Å². The monoisotopic (exact) mass is 267 g/mol. The van der Waals surface area contributed by atoms with Crippen molar-refractivity contribution in [1.29, 1.82) is 0 Å². The number of thiophene rings is 1. The number of likely N-dealkylation sites (tertiary alicyclic amines) is 1. The van der Waals surface area contributed by atoms with Crippen LogP contribution in [0.5, 0.6) is 0 Å². The van der Waals surface area contributed by atoms with Crippen molar-refractivity contribution < 1.29 is 0 Å². The maximum Gasteiger partial charge on any atom is 0.0346 e. The molecule has 1 fully saturated rings. The number of hydrogen-bond acceptors (Lipinski definition) is 2. The molecule has 0 N–H and O–H groups in total. The zero-order valence-corrected chi connectivity index (χ0v) is 11.5. The molecule has 0 aliphatic carbocycles. The van der Waals surface area contributed by atoms with E-state index in [1.165, 1.54) is 48.0 Å². The Morgan fingerprint density at radius 2 is 1.82 bits per heavy atom. The molecule has 0 atom stereocenters. The van der Waals surface area contributed by atoms with Gasteiger partial charge in [0.25, 0.3) is 0 Å². The van der Waals surface area contributed by atoms with Gasteiger partial charge in [0.2, 0.25) is 0 Å². The second-order valence-electron chi connectivity index (χ2n) is 4.59. The fourth-order valence-corrected chi connectivity index (χ4v) is 3.47. The number of halogens is 1. The van der Waals surface area contributed by atoms with E-state index in [-0.39, 0.29) is 12.4 Å². The minimum atomic E-state index is 0. The first-order valence-electron chi connectivity index (χ1n) is 6.11. The summed E-state index contributed by atoms with van der Waals surface area (Å²) in [5.74, 6) is 0. The Morgan fingerprint density at radius 3 is 2.65 bits per heavy atom. The minimum Gasteiger partial charge on any atom is -0.299 e. The van der Waals surface area contributed by atoms with E-state index in [1.54, 1.807) is 0 Å². The summed E-state index contributed by atoms with van der Waals surface area (Å²) in [5, 5.41) is 3.79. The minimum absolute atomic E-state index is 0. The Bertz CT molecular complexity index is 474. The first-order valence-corrected chi connectivity index (χ1v) is 6.99. The van der Waals surface area contributed by atoms with E-state index in [9.17, 15) is 0 Å². The van der Waals surface area contributed by atoms with Crippen LogP contribution in [0.3, 0.4) is 0 Å². The first-order chi connectivity index (χ1) is 7.93. The molecule has 17 heavy (non-hydrogen) atoms. The second kappa shape index (κ2) is 5.85. The molecule has 3 heteroatoms. The van der Waals surface area contributed by atoms with Crippen LogP contribution in [0.2, 0.25) is 0 Å². The van der Waals surface area contributed by atoms with Crippen LogP contribution in [-0.4, -0.2) is 18.0 Å². The molecule has 2 aromatic rings. The highest BCUT2D eigenvalue weighted by Gasteiger charge is 2.12. The molecule has 1 aromatic heterocycles. The van der Waals surface area contributed by atoms with Gasteiger partial charge in [-0.3, -0.25) is 4.90 Å². The van der Waals surface area contributed by atoms with Gasteiger partial charge >= 0.3 is 0 Å². The maximum absolute atomic E-state index is 2.60. The number of fused-ring (bicyclic) bond motifs is 1. The van der Waals surface area contributed by atoms with Crippen molar-refractivity contribution in [3.63, 3.8) is 0 Å². The quantitative estimate of drug-likeness (QED) is 0.784. The summed E-state index contributed by atoms with van der Waals surface area (Å²) in [4.78, 5) is 2.60. The summed E-state index contributed by atoms with van der Waals surface area (Å²) in [6.07, 6.45) is 4.17. The number of rotatable bonds is 2. The summed E-state index contributed by atoms with van der Waals surface area (Å²) in [6.45, 7) is 3.71. The number of benzene rings is 1. The molecule has 2 heterocycles. The van der Waals surface area contributed by atoms with Gasteiger partial charge < -0.3 is 0 Å². The van der Waals surface area contributed by atoms with Crippen molar-refractivity contribution >= 4 is 33.8 Å². The lowest BCUT2D eigenvalue weighted by molar-refractivity contribution is 0.222. The third-order valence-corrected chi connectivity index (χ3v) is 4.42. The van der Waals surface area contributed by atoms with Gasteiger partial charge in [-0.15, -0.1) is 23.7 Å². The summed E-state index contributed by atoms with van der Waals surface area (Å²) < 4.78 is 1.43. The Labute approximate surface area is 113 Å². The van der Waals surface area contributed by atoms with E-state index < -0.39 is 0 Å². The molecule has 3 rings (SSSR count). The maximum atomic E-state index is 2.60. The first kappa shape index (κ1) is 12.9. The lowest BCUT2D eigenvalue weighted by atomic mass is 10.1. The van der Waals surface area contributed by atoms with Gasteiger partial charge in [-0.2, -0.15) is 0 Å². The third-order valence-electron chi connectivity index (χ3n) is 3.40. The van der Waals surface area contributed by atoms with Gasteiger partial charge in [0.05, 0.1) is 0 Å². The SMILES string of the molecule is Cl.c1ccc2c(CN3CCCCC3)csc2c1. The van der Waals surface area contributed by atoms with Gasteiger partial charge in [0, 0.05) is 11.2 Å². The van der Waals surface area contributed by atoms with Gasteiger partial charge in [-0.05, 0) is 48.3 Å². The molecule has 1 aromatic carbocycles. The van der Waals surface area contributed by atoms with E-state index in [2.05, 4.69) is 34.5 Å². The Balaban J connectivity index is 0.00000108. The predicted molar refractivity (Wildman–Crippen MR) is 78.2 cm³/mol. The zero-order valence-electron chi connectivity index (χ0n) is 9.89. The molecule has 0 bridgehead atoms. The summed E-state index contributed by atoms with van der Waals surface area (Å²) in [6, 6.07) is 8.75. The molecule has 0 spiro atoms. The average molecular weight is 268 g/mol. The van der Waals surface area contributed by atoms with Crippen LogP contribution in [0.4, 0.5) is 0 Å². The average Bonchev–Trinajstić information content (AvgIpc) is 2.74. The molecular formula is C14H18ClNS. The summed E-state index contributed by atoms with van der Waals surface area (Å²) >= 11 is 1.88. The third kappa shape index (κ3) is 2.82. The molecule has 0 saturated carbocycles. The highest BCUT2D eigenvalue weighted by atomic mass is 35.5. The van der Waals surface area contributed by atoms with Crippen LogP contribution in [0.15, 0.2) is 29.6 Å².